The summed E-state index contributed by atoms with van der Waals surface area (Å²) >= 11 is 1.49. The van der Waals surface area contributed by atoms with Gasteiger partial charge in [0.15, 0.2) is 0 Å². The van der Waals surface area contributed by atoms with Crippen LogP contribution in [0.4, 0.5) is 10.1 Å². The lowest BCUT2D eigenvalue weighted by Gasteiger charge is -2.02. The number of nitrogens with zero attached hydrogens (tertiary/aromatic N) is 2. The molecular formula is C14H10FN3O2S. The van der Waals surface area contributed by atoms with Gasteiger partial charge >= 0.3 is 0 Å². The number of hydrogen-bond donors (Lipinski definition) is 1. The zero-order valence-electron chi connectivity index (χ0n) is 10.7. The average molecular weight is 303 g/mol. The van der Waals surface area contributed by atoms with Crippen LogP contribution in [-0.2, 0) is 11.2 Å². The van der Waals surface area contributed by atoms with Crippen LogP contribution in [0.25, 0.3) is 10.7 Å². The van der Waals surface area contributed by atoms with Gasteiger partial charge in [-0.05, 0) is 35.7 Å². The van der Waals surface area contributed by atoms with E-state index in [1.807, 2.05) is 17.5 Å². The maximum absolute atomic E-state index is 12.8. The summed E-state index contributed by atoms with van der Waals surface area (Å²) in [4.78, 5) is 16.9. The topological polar surface area (TPSA) is 68.0 Å². The van der Waals surface area contributed by atoms with E-state index in [-0.39, 0.29) is 24.0 Å². The maximum Gasteiger partial charge on any atom is 0.236 e. The molecular weight excluding hydrogens is 293 g/mol. The highest BCUT2D eigenvalue weighted by atomic mass is 32.1. The van der Waals surface area contributed by atoms with Crippen molar-refractivity contribution >= 4 is 22.9 Å². The SMILES string of the molecule is O=C(Cc1nc(-c2cccs2)no1)Nc1ccc(F)cc1. The molecule has 2 aromatic heterocycles. The van der Waals surface area contributed by atoms with Crippen molar-refractivity contribution in [1.29, 1.82) is 0 Å². The minimum atomic E-state index is -0.356. The molecule has 0 aliphatic rings. The summed E-state index contributed by atoms with van der Waals surface area (Å²) in [5.74, 6) is 0.0427. The Morgan fingerprint density at radius 1 is 1.29 bits per heavy atom. The molecule has 0 atom stereocenters. The molecule has 0 saturated carbocycles. The second-order valence-electron chi connectivity index (χ2n) is 4.22. The number of anilines is 1. The Hall–Kier alpha value is -2.54. The Morgan fingerprint density at radius 3 is 2.81 bits per heavy atom. The first-order chi connectivity index (χ1) is 10.2. The fourth-order valence-corrected chi connectivity index (χ4v) is 2.36. The number of carbonyl (C=O) groups is 1. The zero-order valence-corrected chi connectivity index (χ0v) is 11.6. The van der Waals surface area contributed by atoms with E-state index in [0.717, 1.165) is 4.88 Å². The number of thiophene rings is 1. The van der Waals surface area contributed by atoms with E-state index in [2.05, 4.69) is 15.5 Å². The Kier molecular flexibility index (Phi) is 3.74. The van der Waals surface area contributed by atoms with E-state index in [1.165, 1.54) is 35.6 Å². The van der Waals surface area contributed by atoms with Gasteiger partial charge in [-0.2, -0.15) is 4.98 Å². The molecule has 3 rings (SSSR count). The number of nitrogens with one attached hydrogen (secondary N) is 1. The molecule has 106 valence electrons. The molecule has 1 aromatic carbocycles. The first-order valence-corrected chi connectivity index (χ1v) is 7.00. The van der Waals surface area contributed by atoms with E-state index >= 15 is 0 Å². The Labute approximate surface area is 123 Å². The standard InChI is InChI=1S/C14H10FN3O2S/c15-9-3-5-10(6-4-9)16-12(19)8-13-17-14(18-20-13)11-2-1-7-21-11/h1-7H,8H2,(H,16,19). The molecule has 0 aliphatic carbocycles. The van der Waals surface area contributed by atoms with Gasteiger partial charge in [-0.3, -0.25) is 4.79 Å². The number of rotatable bonds is 4. The summed E-state index contributed by atoms with van der Waals surface area (Å²) < 4.78 is 17.8. The summed E-state index contributed by atoms with van der Waals surface area (Å²) in [6, 6.07) is 9.28. The van der Waals surface area contributed by atoms with Gasteiger partial charge in [-0.1, -0.05) is 11.2 Å². The van der Waals surface area contributed by atoms with Crippen LogP contribution < -0.4 is 5.32 Å². The molecule has 1 amide bonds. The molecule has 7 heteroatoms. The number of amides is 1. The Morgan fingerprint density at radius 2 is 2.10 bits per heavy atom. The molecule has 3 aromatic rings. The van der Waals surface area contributed by atoms with Crippen LogP contribution in [0.2, 0.25) is 0 Å². The lowest BCUT2D eigenvalue weighted by molar-refractivity contribution is -0.115. The summed E-state index contributed by atoms with van der Waals surface area (Å²) in [5, 5.41) is 8.37. The lowest BCUT2D eigenvalue weighted by atomic mass is 10.3. The first kappa shape index (κ1) is 13.4. The minimum absolute atomic E-state index is 0.0320. The summed E-state index contributed by atoms with van der Waals surface area (Å²) in [5.41, 5.74) is 0.513. The van der Waals surface area contributed by atoms with Gasteiger partial charge in [0, 0.05) is 5.69 Å². The van der Waals surface area contributed by atoms with Crippen LogP contribution in [0, 0.1) is 5.82 Å². The summed E-state index contributed by atoms with van der Waals surface area (Å²) in [7, 11) is 0. The summed E-state index contributed by atoms with van der Waals surface area (Å²) in [6.07, 6.45) is -0.0320. The third kappa shape index (κ3) is 3.32. The van der Waals surface area contributed by atoms with Crippen molar-refractivity contribution in [1.82, 2.24) is 10.1 Å². The van der Waals surface area contributed by atoms with Crippen molar-refractivity contribution < 1.29 is 13.7 Å². The highest BCUT2D eigenvalue weighted by molar-refractivity contribution is 7.13. The number of carbonyl (C=O) groups excluding carboxylic acids is 1. The van der Waals surface area contributed by atoms with Crippen LogP contribution in [0.1, 0.15) is 5.89 Å². The molecule has 0 fully saturated rings. The lowest BCUT2D eigenvalue weighted by Crippen LogP contribution is -2.14. The third-order valence-electron chi connectivity index (χ3n) is 2.65. The van der Waals surface area contributed by atoms with Crippen LogP contribution in [0.3, 0.4) is 0 Å². The van der Waals surface area contributed by atoms with Gasteiger partial charge in [0.2, 0.25) is 17.6 Å². The second kappa shape index (κ2) is 5.84. The molecule has 0 aliphatic heterocycles. The Balaban J connectivity index is 1.64. The molecule has 2 heterocycles. The van der Waals surface area contributed by atoms with Crippen LogP contribution in [0.15, 0.2) is 46.3 Å². The third-order valence-corrected chi connectivity index (χ3v) is 3.52. The van der Waals surface area contributed by atoms with Crippen LogP contribution in [-0.4, -0.2) is 16.0 Å². The van der Waals surface area contributed by atoms with E-state index in [4.69, 9.17) is 4.52 Å². The predicted molar refractivity (Wildman–Crippen MR) is 76.3 cm³/mol. The van der Waals surface area contributed by atoms with Gasteiger partial charge in [0.05, 0.1) is 4.88 Å². The number of hydrogen-bond acceptors (Lipinski definition) is 5. The molecule has 21 heavy (non-hydrogen) atoms. The monoisotopic (exact) mass is 303 g/mol. The van der Waals surface area contributed by atoms with Gasteiger partial charge in [-0.15, -0.1) is 11.3 Å². The van der Waals surface area contributed by atoms with Gasteiger partial charge in [0.1, 0.15) is 12.2 Å². The summed E-state index contributed by atoms with van der Waals surface area (Å²) in [6.45, 7) is 0. The fourth-order valence-electron chi connectivity index (χ4n) is 1.71. The van der Waals surface area contributed by atoms with E-state index in [9.17, 15) is 9.18 Å². The quantitative estimate of drug-likeness (QED) is 0.804. The van der Waals surface area contributed by atoms with E-state index < -0.39 is 0 Å². The molecule has 0 bridgehead atoms. The average Bonchev–Trinajstić information content (AvgIpc) is 3.12. The molecule has 0 saturated heterocycles. The van der Waals surface area contributed by atoms with Crippen LogP contribution >= 0.6 is 11.3 Å². The Bertz CT molecular complexity index is 738. The van der Waals surface area contributed by atoms with Crippen molar-refractivity contribution in [2.24, 2.45) is 0 Å². The smallest absolute Gasteiger partial charge is 0.236 e. The van der Waals surface area contributed by atoms with E-state index in [0.29, 0.717) is 11.5 Å². The largest absolute Gasteiger partial charge is 0.338 e. The van der Waals surface area contributed by atoms with E-state index in [1.54, 1.807) is 0 Å². The fraction of sp³-hybridized carbons (Fsp3) is 0.0714. The second-order valence-corrected chi connectivity index (χ2v) is 5.17. The molecule has 0 spiro atoms. The number of benzene rings is 1. The van der Waals surface area contributed by atoms with Crippen molar-refractivity contribution in [3.8, 4) is 10.7 Å². The van der Waals surface area contributed by atoms with Crippen molar-refractivity contribution in [2.75, 3.05) is 5.32 Å². The zero-order chi connectivity index (χ0) is 14.7. The minimum Gasteiger partial charge on any atom is -0.338 e. The van der Waals surface area contributed by atoms with Gasteiger partial charge in [0.25, 0.3) is 0 Å². The highest BCUT2D eigenvalue weighted by Crippen LogP contribution is 2.21. The molecule has 1 N–H and O–H groups in total. The maximum atomic E-state index is 12.8. The molecule has 0 unspecified atom stereocenters. The number of halogens is 1. The molecule has 0 radical (unpaired) electrons. The van der Waals surface area contributed by atoms with Crippen molar-refractivity contribution in [3.05, 3.63) is 53.5 Å². The van der Waals surface area contributed by atoms with Gasteiger partial charge < -0.3 is 9.84 Å². The van der Waals surface area contributed by atoms with Gasteiger partial charge in [-0.25, -0.2) is 4.39 Å². The highest BCUT2D eigenvalue weighted by Gasteiger charge is 2.13. The normalized spacial score (nSPS) is 10.5. The van der Waals surface area contributed by atoms with Crippen LogP contribution in [0.5, 0.6) is 0 Å². The van der Waals surface area contributed by atoms with Crippen molar-refractivity contribution in [2.45, 2.75) is 6.42 Å². The number of aromatic nitrogens is 2. The molecule has 5 nitrogen and oxygen atoms in total. The predicted octanol–water partition coefficient (Wildman–Crippen LogP) is 3.12. The first-order valence-electron chi connectivity index (χ1n) is 6.12. The van der Waals surface area contributed by atoms with Crippen molar-refractivity contribution in [3.63, 3.8) is 0 Å².